The Bertz CT molecular complexity index is 944. The predicted octanol–water partition coefficient (Wildman–Crippen LogP) is 3.46. The van der Waals surface area contributed by atoms with Gasteiger partial charge in [-0.2, -0.15) is 0 Å². The minimum absolute atomic E-state index is 0.0841. The van der Waals surface area contributed by atoms with E-state index in [1.165, 1.54) is 19.2 Å². The lowest BCUT2D eigenvalue weighted by atomic mass is 10.1. The molecular weight excluding hydrogens is 433 g/mol. The first-order valence-electron chi connectivity index (χ1n) is 9.13. The van der Waals surface area contributed by atoms with Crippen molar-refractivity contribution in [1.29, 1.82) is 0 Å². The molecule has 0 saturated carbocycles. The Kier molecular flexibility index (Phi) is 8.33. The van der Waals surface area contributed by atoms with Gasteiger partial charge in [-0.3, -0.25) is 14.5 Å². The fourth-order valence-electron chi connectivity index (χ4n) is 2.80. The van der Waals surface area contributed by atoms with E-state index in [1.807, 2.05) is 0 Å². The monoisotopic (exact) mass is 455 g/mol. The van der Waals surface area contributed by atoms with E-state index in [0.29, 0.717) is 10.4 Å². The van der Waals surface area contributed by atoms with Crippen LogP contribution in [0.15, 0.2) is 18.2 Å². The molecule has 2 aromatic rings. The van der Waals surface area contributed by atoms with Crippen LogP contribution in [-0.2, 0) is 16.1 Å². The van der Waals surface area contributed by atoms with Crippen LogP contribution in [0.4, 0.5) is 9.39 Å². The molecule has 10 heteroatoms. The van der Waals surface area contributed by atoms with Crippen LogP contribution in [0.2, 0.25) is 5.02 Å². The summed E-state index contributed by atoms with van der Waals surface area (Å²) in [7, 11) is 3.12. The molecule has 30 heavy (non-hydrogen) atoms. The molecule has 0 fully saturated rings. The first kappa shape index (κ1) is 23.8. The van der Waals surface area contributed by atoms with Crippen molar-refractivity contribution in [2.45, 2.75) is 20.4 Å². The summed E-state index contributed by atoms with van der Waals surface area (Å²) in [5.41, 5.74) is 0.865. The van der Waals surface area contributed by atoms with Gasteiger partial charge in [-0.1, -0.05) is 17.7 Å². The highest BCUT2D eigenvalue weighted by atomic mass is 35.5. The lowest BCUT2D eigenvalue weighted by Gasteiger charge is -2.17. The van der Waals surface area contributed by atoms with Crippen LogP contribution >= 0.6 is 22.9 Å². The quantitative estimate of drug-likeness (QED) is 0.595. The van der Waals surface area contributed by atoms with Crippen LogP contribution in [-0.4, -0.2) is 49.9 Å². The molecule has 0 saturated heterocycles. The highest BCUT2D eigenvalue weighted by Gasteiger charge is 2.26. The molecule has 2 rings (SSSR count). The van der Waals surface area contributed by atoms with Crippen LogP contribution in [0.5, 0.6) is 0 Å². The lowest BCUT2D eigenvalue weighted by molar-refractivity contribution is -0.117. The Balaban J connectivity index is 2.19. The summed E-state index contributed by atoms with van der Waals surface area (Å²) in [6, 6.07) is 4.39. The van der Waals surface area contributed by atoms with E-state index in [1.54, 1.807) is 31.9 Å². The molecule has 2 amide bonds. The number of rotatable bonds is 8. The average Bonchev–Trinajstić information content (AvgIpc) is 3.00. The standard InChI is InChI=1S/C20H23ClFN3O4S/c1-5-29-20(28)16-11(2)17(18(27)23-3)30-19(16)24-15(26)10-25(4)9-12-13(21)7-6-8-14(12)22/h6-8H,5,9-10H2,1-4H3,(H,23,27)(H,24,26). The second kappa shape index (κ2) is 10.5. The Morgan fingerprint density at radius 3 is 2.60 bits per heavy atom. The van der Waals surface area contributed by atoms with Gasteiger partial charge in [0, 0.05) is 24.2 Å². The predicted molar refractivity (Wildman–Crippen MR) is 115 cm³/mol. The van der Waals surface area contributed by atoms with E-state index in [-0.39, 0.29) is 46.8 Å². The molecule has 2 N–H and O–H groups in total. The van der Waals surface area contributed by atoms with Crippen molar-refractivity contribution in [3.63, 3.8) is 0 Å². The Morgan fingerprint density at radius 1 is 1.30 bits per heavy atom. The van der Waals surface area contributed by atoms with E-state index in [4.69, 9.17) is 16.3 Å². The van der Waals surface area contributed by atoms with Crippen LogP contribution in [0.25, 0.3) is 0 Å². The van der Waals surface area contributed by atoms with E-state index in [2.05, 4.69) is 10.6 Å². The molecule has 0 radical (unpaired) electrons. The maximum atomic E-state index is 14.0. The van der Waals surface area contributed by atoms with Crippen LogP contribution in [0.1, 0.15) is 38.1 Å². The van der Waals surface area contributed by atoms with Gasteiger partial charge < -0.3 is 15.4 Å². The summed E-state index contributed by atoms with van der Waals surface area (Å²) in [6.45, 7) is 3.48. The van der Waals surface area contributed by atoms with Gasteiger partial charge in [-0.15, -0.1) is 11.3 Å². The Morgan fingerprint density at radius 2 is 2.00 bits per heavy atom. The molecule has 0 bridgehead atoms. The van der Waals surface area contributed by atoms with Crippen molar-refractivity contribution >= 4 is 45.7 Å². The third kappa shape index (κ3) is 5.56. The summed E-state index contributed by atoms with van der Waals surface area (Å²) in [6.07, 6.45) is 0. The van der Waals surface area contributed by atoms with Crippen LogP contribution in [0.3, 0.4) is 0 Å². The highest BCUT2D eigenvalue weighted by molar-refractivity contribution is 7.18. The molecule has 162 valence electrons. The number of carbonyl (C=O) groups excluding carboxylic acids is 3. The van der Waals surface area contributed by atoms with Gasteiger partial charge in [0.1, 0.15) is 10.8 Å². The first-order valence-corrected chi connectivity index (χ1v) is 10.3. The molecule has 0 aliphatic rings. The number of amides is 2. The van der Waals surface area contributed by atoms with Crippen LogP contribution in [0, 0.1) is 12.7 Å². The number of ether oxygens (including phenoxy) is 1. The van der Waals surface area contributed by atoms with Gasteiger partial charge in [0.2, 0.25) is 5.91 Å². The summed E-state index contributed by atoms with van der Waals surface area (Å²) in [4.78, 5) is 38.9. The molecule has 1 heterocycles. The van der Waals surface area contributed by atoms with E-state index >= 15 is 0 Å². The number of hydrogen-bond donors (Lipinski definition) is 2. The molecule has 0 spiro atoms. The number of benzene rings is 1. The number of likely N-dealkylation sites (N-methyl/N-ethyl adjacent to an activating group) is 1. The third-order valence-electron chi connectivity index (χ3n) is 4.22. The van der Waals surface area contributed by atoms with Gasteiger partial charge in [0.25, 0.3) is 5.91 Å². The molecule has 0 aliphatic heterocycles. The first-order chi connectivity index (χ1) is 14.2. The number of halogens is 2. The van der Waals surface area contributed by atoms with E-state index < -0.39 is 17.7 Å². The highest BCUT2D eigenvalue weighted by Crippen LogP contribution is 2.33. The molecule has 0 unspecified atom stereocenters. The number of thiophene rings is 1. The summed E-state index contributed by atoms with van der Waals surface area (Å²) in [5, 5.41) is 5.68. The van der Waals surface area contributed by atoms with Crippen molar-refractivity contribution < 1.29 is 23.5 Å². The minimum atomic E-state index is -0.622. The zero-order valence-electron chi connectivity index (χ0n) is 17.1. The van der Waals surface area contributed by atoms with Crippen molar-refractivity contribution in [1.82, 2.24) is 10.2 Å². The zero-order valence-corrected chi connectivity index (χ0v) is 18.7. The maximum absolute atomic E-state index is 14.0. The van der Waals surface area contributed by atoms with Gasteiger partial charge >= 0.3 is 5.97 Å². The number of esters is 1. The zero-order chi connectivity index (χ0) is 22.4. The second-order valence-electron chi connectivity index (χ2n) is 6.48. The SMILES string of the molecule is CCOC(=O)c1c(NC(=O)CN(C)Cc2c(F)cccc2Cl)sc(C(=O)NC)c1C. The molecule has 0 aliphatic carbocycles. The molecular formula is C20H23ClFN3O4S. The molecule has 1 aromatic heterocycles. The molecule has 1 aromatic carbocycles. The number of nitrogens with zero attached hydrogens (tertiary/aromatic N) is 1. The summed E-state index contributed by atoms with van der Waals surface area (Å²) >= 11 is 7.03. The fraction of sp³-hybridized carbons (Fsp3) is 0.350. The van der Waals surface area contributed by atoms with Gasteiger partial charge in [-0.25, -0.2) is 9.18 Å². The van der Waals surface area contributed by atoms with Crippen molar-refractivity contribution in [3.05, 3.63) is 50.6 Å². The molecule has 0 atom stereocenters. The second-order valence-corrected chi connectivity index (χ2v) is 7.91. The number of carbonyl (C=O) groups is 3. The van der Waals surface area contributed by atoms with Crippen LogP contribution < -0.4 is 10.6 Å². The normalized spacial score (nSPS) is 10.8. The van der Waals surface area contributed by atoms with Crippen molar-refractivity contribution in [2.24, 2.45) is 0 Å². The maximum Gasteiger partial charge on any atom is 0.341 e. The van der Waals surface area contributed by atoms with Crippen molar-refractivity contribution in [2.75, 3.05) is 32.6 Å². The van der Waals surface area contributed by atoms with E-state index in [0.717, 1.165) is 11.3 Å². The van der Waals surface area contributed by atoms with Gasteiger partial charge in [-0.05, 0) is 38.6 Å². The number of hydrogen-bond acceptors (Lipinski definition) is 6. The van der Waals surface area contributed by atoms with E-state index in [9.17, 15) is 18.8 Å². The van der Waals surface area contributed by atoms with Gasteiger partial charge in [0.15, 0.2) is 0 Å². The fourth-order valence-corrected chi connectivity index (χ4v) is 4.18. The number of nitrogens with one attached hydrogen (secondary N) is 2. The topological polar surface area (TPSA) is 87.7 Å². The van der Waals surface area contributed by atoms with Gasteiger partial charge in [0.05, 0.1) is 23.6 Å². The smallest absolute Gasteiger partial charge is 0.341 e. The third-order valence-corrected chi connectivity index (χ3v) is 5.78. The van der Waals surface area contributed by atoms with Crippen molar-refractivity contribution in [3.8, 4) is 0 Å². The lowest BCUT2D eigenvalue weighted by Crippen LogP contribution is -2.30. The number of anilines is 1. The average molecular weight is 456 g/mol. The minimum Gasteiger partial charge on any atom is -0.462 e. The molecule has 7 nitrogen and oxygen atoms in total. The summed E-state index contributed by atoms with van der Waals surface area (Å²) in [5.74, 6) is -1.87. The largest absolute Gasteiger partial charge is 0.462 e. The summed E-state index contributed by atoms with van der Waals surface area (Å²) < 4.78 is 19.0. The Labute approximate surface area is 183 Å². The Hall–Kier alpha value is -2.49.